The van der Waals surface area contributed by atoms with Crippen LogP contribution in [0.1, 0.15) is 80.2 Å². The van der Waals surface area contributed by atoms with Crippen LogP contribution in [0.3, 0.4) is 0 Å². The summed E-state index contributed by atoms with van der Waals surface area (Å²) >= 11 is 0. The SMILES string of the molecule is CC(C)C[C@H](NC(=O)[C@H](Cc1c[nH]c2ccccc12)NC(=O)c1cccc(C(=O)NO)c1)B1O[C@@H]2[C@@H]3C[C@H](C[C@]2(C)O1)C3(C)C. The lowest BCUT2D eigenvalue weighted by Gasteiger charge is -2.63. The van der Waals surface area contributed by atoms with Crippen LogP contribution < -0.4 is 16.1 Å². The van der Waals surface area contributed by atoms with E-state index in [0.29, 0.717) is 18.3 Å². The van der Waals surface area contributed by atoms with E-state index >= 15 is 0 Å². The Balaban J connectivity index is 1.25. The summed E-state index contributed by atoms with van der Waals surface area (Å²) in [7, 11) is -0.598. The third kappa shape index (κ3) is 5.89. The Morgan fingerprint density at radius 3 is 2.49 bits per heavy atom. The molecule has 238 valence electrons. The predicted octanol–water partition coefficient (Wildman–Crippen LogP) is 4.43. The van der Waals surface area contributed by atoms with Crippen LogP contribution in [0, 0.1) is 23.2 Å². The lowest BCUT2D eigenvalue weighted by molar-refractivity contribution is -0.185. The second-order valence-electron chi connectivity index (χ2n) is 14.3. The molecule has 5 N–H and O–H groups in total. The standard InChI is InChI=1S/C34H43BN4O6/c1-19(2)13-28(35-44-29-25-16-23(33(25,3)4)17-34(29,5)45-35)38-32(42)27(15-22-18-36-26-12-7-6-11-24(22)26)37-30(40)20-9-8-10-21(14-20)31(41)39-43/h6-12,14,18-19,23,25,27-29,36,43H,13,15-17H2,1-5H3,(H,37,40)(H,38,42)(H,39,41)/t23-,25+,27+,28+,29-,34+/m1/s1. The Kier molecular flexibility index (Phi) is 8.30. The fraction of sp³-hybridized carbons (Fsp3) is 0.500. The van der Waals surface area contributed by atoms with Crippen molar-refractivity contribution in [1.82, 2.24) is 21.1 Å². The van der Waals surface area contributed by atoms with Crippen molar-refractivity contribution >= 4 is 35.7 Å². The van der Waals surface area contributed by atoms with Gasteiger partial charge in [0.1, 0.15) is 6.04 Å². The number of amides is 3. The maximum Gasteiger partial charge on any atom is 0.481 e. The topological polar surface area (TPSA) is 142 Å². The number of aromatic nitrogens is 1. The van der Waals surface area contributed by atoms with Gasteiger partial charge in [0.25, 0.3) is 11.8 Å². The van der Waals surface area contributed by atoms with E-state index in [4.69, 9.17) is 14.5 Å². The normalized spacial score (nSPS) is 26.1. The lowest BCUT2D eigenvalue weighted by atomic mass is 9.45. The number of para-hydroxylation sites is 1. The molecule has 7 rings (SSSR count). The van der Waals surface area contributed by atoms with Crippen molar-refractivity contribution in [2.24, 2.45) is 23.2 Å². The molecule has 0 spiro atoms. The molecule has 0 unspecified atom stereocenters. The fourth-order valence-electron chi connectivity index (χ4n) is 7.78. The molecular weight excluding hydrogens is 571 g/mol. The highest BCUT2D eigenvalue weighted by Crippen LogP contribution is 2.64. The quantitative estimate of drug-likeness (QED) is 0.130. The van der Waals surface area contributed by atoms with E-state index < -0.39 is 36.5 Å². The summed E-state index contributed by atoms with van der Waals surface area (Å²) in [6, 6.07) is 12.8. The molecule has 6 atom stereocenters. The molecule has 3 amide bonds. The number of hydrogen-bond acceptors (Lipinski definition) is 6. The van der Waals surface area contributed by atoms with E-state index in [-0.39, 0.29) is 40.9 Å². The van der Waals surface area contributed by atoms with Crippen molar-refractivity contribution < 1.29 is 28.9 Å². The van der Waals surface area contributed by atoms with Crippen molar-refractivity contribution in [3.05, 3.63) is 71.4 Å². The van der Waals surface area contributed by atoms with Crippen LogP contribution in [0.4, 0.5) is 0 Å². The van der Waals surface area contributed by atoms with Crippen molar-refractivity contribution in [3.8, 4) is 0 Å². The van der Waals surface area contributed by atoms with E-state index in [0.717, 1.165) is 29.3 Å². The number of aromatic amines is 1. The zero-order valence-electron chi connectivity index (χ0n) is 26.6. The van der Waals surface area contributed by atoms with Crippen molar-refractivity contribution in [2.75, 3.05) is 0 Å². The number of H-pyrrole nitrogens is 1. The zero-order chi connectivity index (χ0) is 32.1. The Hall–Kier alpha value is -3.67. The van der Waals surface area contributed by atoms with Crippen LogP contribution in [0.15, 0.2) is 54.7 Å². The first-order valence-electron chi connectivity index (χ1n) is 15.9. The van der Waals surface area contributed by atoms with Crippen LogP contribution in [0.2, 0.25) is 0 Å². The van der Waals surface area contributed by atoms with Crippen molar-refractivity contribution in [1.29, 1.82) is 0 Å². The third-order valence-corrected chi connectivity index (χ3v) is 10.4. The van der Waals surface area contributed by atoms with Crippen LogP contribution in [-0.4, -0.2) is 58.7 Å². The molecule has 2 aromatic carbocycles. The highest BCUT2D eigenvalue weighted by molar-refractivity contribution is 6.48. The number of rotatable bonds is 10. The molecule has 3 aliphatic carbocycles. The van der Waals surface area contributed by atoms with Gasteiger partial charge in [-0.3, -0.25) is 19.6 Å². The number of fused-ring (bicyclic) bond motifs is 1. The van der Waals surface area contributed by atoms with Crippen LogP contribution in [0.25, 0.3) is 10.9 Å². The summed E-state index contributed by atoms with van der Waals surface area (Å²) in [5, 5.41) is 16.1. The highest BCUT2D eigenvalue weighted by Gasteiger charge is 2.67. The minimum absolute atomic E-state index is 0.0285. The van der Waals surface area contributed by atoms with E-state index in [1.165, 1.54) is 12.1 Å². The van der Waals surface area contributed by atoms with Gasteiger partial charge in [0.15, 0.2) is 0 Å². The first-order valence-corrected chi connectivity index (χ1v) is 15.9. The molecule has 10 nitrogen and oxygen atoms in total. The monoisotopic (exact) mass is 614 g/mol. The number of nitrogens with one attached hydrogen (secondary N) is 4. The van der Waals surface area contributed by atoms with Gasteiger partial charge in [-0.25, -0.2) is 5.48 Å². The number of hydrogen-bond donors (Lipinski definition) is 5. The molecule has 11 heteroatoms. The smallest absolute Gasteiger partial charge is 0.404 e. The van der Waals surface area contributed by atoms with Crippen LogP contribution >= 0.6 is 0 Å². The summed E-state index contributed by atoms with van der Waals surface area (Å²) in [5.74, 6) is -0.746. The largest absolute Gasteiger partial charge is 0.481 e. The number of carbonyl (C=O) groups is 3. The summed E-state index contributed by atoms with van der Waals surface area (Å²) in [6.07, 6.45) is 4.79. The molecule has 3 saturated carbocycles. The van der Waals surface area contributed by atoms with E-state index in [1.807, 2.05) is 30.5 Å². The highest BCUT2D eigenvalue weighted by atomic mass is 16.7. The molecule has 1 aliphatic heterocycles. The first-order chi connectivity index (χ1) is 21.4. The third-order valence-electron chi connectivity index (χ3n) is 10.4. The summed E-state index contributed by atoms with van der Waals surface area (Å²) in [4.78, 5) is 42.9. The number of benzene rings is 2. The molecular formula is C34H43BN4O6. The fourth-order valence-corrected chi connectivity index (χ4v) is 7.78. The summed E-state index contributed by atoms with van der Waals surface area (Å²) in [6.45, 7) is 11.0. The van der Waals surface area contributed by atoms with Gasteiger partial charge in [0, 0.05) is 34.6 Å². The van der Waals surface area contributed by atoms with Gasteiger partial charge >= 0.3 is 7.12 Å². The molecule has 4 aliphatic rings. The van der Waals surface area contributed by atoms with Gasteiger partial charge in [0.2, 0.25) is 5.91 Å². The average Bonchev–Trinajstić information content (AvgIpc) is 3.60. The molecule has 1 saturated heterocycles. The second kappa shape index (κ2) is 11.9. The molecule has 2 heterocycles. The minimum atomic E-state index is -0.937. The molecule has 0 radical (unpaired) electrons. The first kappa shape index (κ1) is 31.3. The van der Waals surface area contributed by atoms with E-state index in [1.54, 1.807) is 17.6 Å². The Morgan fingerprint density at radius 2 is 1.78 bits per heavy atom. The Labute approximate surface area is 264 Å². The summed E-state index contributed by atoms with van der Waals surface area (Å²) in [5.41, 5.74) is 3.53. The number of hydroxylamine groups is 1. The molecule has 45 heavy (non-hydrogen) atoms. The van der Waals surface area contributed by atoms with Crippen LogP contribution in [0.5, 0.6) is 0 Å². The Morgan fingerprint density at radius 1 is 1.04 bits per heavy atom. The zero-order valence-corrected chi connectivity index (χ0v) is 26.6. The van der Waals surface area contributed by atoms with Gasteiger partial charge in [-0.1, -0.05) is 52.0 Å². The van der Waals surface area contributed by atoms with Crippen LogP contribution in [-0.2, 0) is 20.5 Å². The minimum Gasteiger partial charge on any atom is -0.404 e. The van der Waals surface area contributed by atoms with Gasteiger partial charge < -0.3 is 24.9 Å². The van der Waals surface area contributed by atoms with Gasteiger partial charge in [0.05, 0.1) is 17.6 Å². The van der Waals surface area contributed by atoms with Gasteiger partial charge in [-0.15, -0.1) is 0 Å². The Bertz CT molecular complexity index is 1610. The maximum atomic E-state index is 14.2. The number of carbonyl (C=O) groups excluding carboxylic acids is 3. The van der Waals surface area contributed by atoms with E-state index in [2.05, 4.69) is 50.2 Å². The van der Waals surface area contributed by atoms with Gasteiger partial charge in [-0.05, 0) is 79.2 Å². The van der Waals surface area contributed by atoms with E-state index in [9.17, 15) is 14.4 Å². The average molecular weight is 615 g/mol. The lowest BCUT2D eigenvalue weighted by Crippen LogP contribution is -2.63. The molecule has 3 aromatic rings. The summed E-state index contributed by atoms with van der Waals surface area (Å²) < 4.78 is 13.3. The molecule has 4 fully saturated rings. The van der Waals surface area contributed by atoms with Crippen molar-refractivity contribution in [3.63, 3.8) is 0 Å². The predicted molar refractivity (Wildman–Crippen MR) is 170 cm³/mol. The van der Waals surface area contributed by atoms with Gasteiger partial charge in [-0.2, -0.15) is 0 Å². The molecule has 2 bridgehead atoms. The molecule has 1 aromatic heterocycles. The van der Waals surface area contributed by atoms with Crippen molar-refractivity contribution in [2.45, 2.75) is 84.0 Å². The second-order valence-corrected chi connectivity index (χ2v) is 14.3. The maximum absolute atomic E-state index is 14.2.